The Balaban J connectivity index is 1.35. The molecule has 0 aliphatic heterocycles. The second-order valence-electron chi connectivity index (χ2n) is 11.1. The van der Waals surface area contributed by atoms with Crippen molar-refractivity contribution in [3.63, 3.8) is 0 Å². The molecule has 1 aliphatic rings. The molecule has 0 saturated heterocycles. The molecular weight excluding hydrogens is 556 g/mol. The zero-order valence-corrected chi connectivity index (χ0v) is 25.1. The molecule has 1 saturated carbocycles. The molecule has 0 bridgehead atoms. The number of amides is 2. The minimum Gasteiger partial charge on any atom is -0.328 e. The normalized spacial score (nSPS) is 14.8. The summed E-state index contributed by atoms with van der Waals surface area (Å²) in [6.07, 6.45) is 9.06. The third-order valence-corrected chi connectivity index (χ3v) is 9.71. The van der Waals surface area contributed by atoms with E-state index in [1.807, 2.05) is 19.1 Å². The first-order valence-corrected chi connectivity index (χ1v) is 16.4. The van der Waals surface area contributed by atoms with Gasteiger partial charge in [0, 0.05) is 17.1 Å². The zero-order chi connectivity index (χ0) is 29.2. The van der Waals surface area contributed by atoms with E-state index in [-0.39, 0.29) is 16.4 Å². The molecule has 2 N–H and O–H groups in total. The number of nitrogens with one attached hydrogen (secondary N) is 2. The van der Waals surface area contributed by atoms with E-state index in [1.54, 1.807) is 60.7 Å². The summed E-state index contributed by atoms with van der Waals surface area (Å²) in [7, 11) is -3.48. The van der Waals surface area contributed by atoms with E-state index in [2.05, 4.69) is 10.6 Å². The Labute approximate surface area is 248 Å². The predicted octanol–water partition coefficient (Wildman–Crippen LogP) is 7.67. The lowest BCUT2D eigenvalue weighted by Gasteiger charge is -2.22. The molecule has 6 nitrogen and oxygen atoms in total. The van der Waals surface area contributed by atoms with E-state index < -0.39 is 21.9 Å². The Kier molecular flexibility index (Phi) is 11.0. The summed E-state index contributed by atoms with van der Waals surface area (Å²) in [5, 5.41) is 6.27. The molecular formula is C33H39ClN2O4S. The van der Waals surface area contributed by atoms with E-state index >= 15 is 0 Å². The average molecular weight is 595 g/mol. The van der Waals surface area contributed by atoms with E-state index in [0.717, 1.165) is 24.0 Å². The van der Waals surface area contributed by atoms with Crippen LogP contribution >= 0.6 is 11.6 Å². The van der Waals surface area contributed by atoms with Crippen LogP contribution < -0.4 is 10.6 Å². The van der Waals surface area contributed by atoms with Crippen molar-refractivity contribution in [2.24, 2.45) is 5.92 Å². The molecule has 41 heavy (non-hydrogen) atoms. The van der Waals surface area contributed by atoms with Crippen LogP contribution in [0, 0.1) is 12.8 Å². The van der Waals surface area contributed by atoms with Crippen molar-refractivity contribution in [3.8, 4) is 0 Å². The van der Waals surface area contributed by atoms with Gasteiger partial charge in [0.25, 0.3) is 0 Å². The van der Waals surface area contributed by atoms with Crippen molar-refractivity contribution in [2.45, 2.75) is 81.4 Å². The molecule has 1 aliphatic carbocycles. The quantitative estimate of drug-likeness (QED) is 0.225. The monoisotopic (exact) mass is 594 g/mol. The first kappa shape index (κ1) is 30.8. The van der Waals surface area contributed by atoms with Crippen LogP contribution in [0.2, 0.25) is 5.02 Å². The second-order valence-corrected chi connectivity index (χ2v) is 13.5. The number of carbonyl (C=O) groups excluding carboxylic acids is 2. The van der Waals surface area contributed by atoms with E-state index in [4.69, 9.17) is 11.6 Å². The first-order chi connectivity index (χ1) is 19.7. The molecule has 0 heterocycles. The van der Waals surface area contributed by atoms with Crippen LogP contribution in [0.5, 0.6) is 0 Å². The molecule has 3 aromatic rings. The van der Waals surface area contributed by atoms with Crippen LogP contribution in [-0.4, -0.2) is 26.3 Å². The molecule has 3 aromatic carbocycles. The van der Waals surface area contributed by atoms with Gasteiger partial charge in [-0.15, -0.1) is 0 Å². The summed E-state index contributed by atoms with van der Waals surface area (Å²) in [6.45, 7) is 1.91. The molecule has 0 unspecified atom stereocenters. The Morgan fingerprint density at radius 3 is 2.17 bits per heavy atom. The highest BCUT2D eigenvalue weighted by molar-refractivity contribution is 7.90. The number of carbonyl (C=O) groups is 2. The highest BCUT2D eigenvalue weighted by atomic mass is 35.5. The van der Waals surface area contributed by atoms with Crippen LogP contribution in [0.3, 0.4) is 0 Å². The Hall–Kier alpha value is -3.16. The Bertz CT molecular complexity index is 1400. The fraction of sp³-hybridized carbons (Fsp3) is 0.394. The van der Waals surface area contributed by atoms with Crippen LogP contribution in [0.25, 0.3) is 0 Å². The molecule has 1 fully saturated rings. The van der Waals surface area contributed by atoms with Gasteiger partial charge in [0.2, 0.25) is 0 Å². The number of urea groups is 1. The lowest BCUT2D eigenvalue weighted by molar-refractivity contribution is -0.121. The summed E-state index contributed by atoms with van der Waals surface area (Å²) in [4.78, 5) is 26.4. The van der Waals surface area contributed by atoms with Gasteiger partial charge in [-0.05, 0) is 73.2 Å². The lowest BCUT2D eigenvalue weighted by atomic mass is 9.85. The molecule has 8 heteroatoms. The van der Waals surface area contributed by atoms with Crippen LogP contribution in [0.15, 0.2) is 77.7 Å². The Morgan fingerprint density at radius 1 is 0.878 bits per heavy atom. The van der Waals surface area contributed by atoms with Gasteiger partial charge in [-0.25, -0.2) is 13.2 Å². The van der Waals surface area contributed by atoms with E-state index in [1.165, 1.54) is 32.1 Å². The average Bonchev–Trinajstić information content (AvgIpc) is 2.95. The fourth-order valence-electron chi connectivity index (χ4n) is 5.37. The van der Waals surface area contributed by atoms with Crippen molar-refractivity contribution >= 4 is 38.9 Å². The van der Waals surface area contributed by atoms with Gasteiger partial charge in [-0.1, -0.05) is 92.1 Å². The smallest absolute Gasteiger partial charge is 0.319 e. The van der Waals surface area contributed by atoms with E-state index in [0.29, 0.717) is 35.0 Å². The molecule has 4 rings (SSSR count). The summed E-state index contributed by atoms with van der Waals surface area (Å²) in [6, 6.07) is 19.6. The van der Waals surface area contributed by atoms with Gasteiger partial charge < -0.3 is 10.6 Å². The highest BCUT2D eigenvalue weighted by Crippen LogP contribution is 2.28. The minimum absolute atomic E-state index is 0.0163. The third kappa shape index (κ3) is 9.72. The molecule has 1 atom stereocenters. The number of hydrogen-bond acceptors (Lipinski definition) is 4. The number of hydrogen-bond donors (Lipinski definition) is 2. The van der Waals surface area contributed by atoms with Crippen molar-refractivity contribution in [3.05, 3.63) is 94.5 Å². The molecule has 0 radical (unpaired) electrons. The zero-order valence-electron chi connectivity index (χ0n) is 23.6. The van der Waals surface area contributed by atoms with Gasteiger partial charge >= 0.3 is 6.03 Å². The van der Waals surface area contributed by atoms with Crippen molar-refractivity contribution < 1.29 is 18.0 Å². The summed E-state index contributed by atoms with van der Waals surface area (Å²) in [5.74, 6) is 0.584. The van der Waals surface area contributed by atoms with Crippen LogP contribution in [-0.2, 0) is 26.8 Å². The van der Waals surface area contributed by atoms with E-state index in [9.17, 15) is 18.0 Å². The molecule has 218 valence electrons. The number of anilines is 1. The van der Waals surface area contributed by atoms with Crippen molar-refractivity contribution in [1.82, 2.24) is 5.32 Å². The van der Waals surface area contributed by atoms with Gasteiger partial charge in [-0.2, -0.15) is 0 Å². The molecule has 2 amide bonds. The molecule has 0 spiro atoms. The number of Topliss-reactive ketones (excluding diaryl/α,β-unsaturated/α-hetero) is 1. The van der Waals surface area contributed by atoms with Crippen LogP contribution in [0.1, 0.15) is 68.1 Å². The molecule has 0 aromatic heterocycles. The van der Waals surface area contributed by atoms with Gasteiger partial charge in [0.1, 0.15) is 0 Å². The summed E-state index contributed by atoms with van der Waals surface area (Å²) >= 11 is 6.03. The highest BCUT2D eigenvalue weighted by Gasteiger charge is 2.22. The standard InChI is InChI=1S/C33H39ClN2O4S/c1-24-10-20-30(21-11-24)41(39,40)23-27-14-18-29(19-15-27)35-33(38)36-31(22-26-12-16-28(34)17-13-26)32(37)9-5-8-25-6-3-2-4-7-25/h10-21,25,31H,2-9,22-23H2,1H3,(H2,35,36,38)/t31-/m1/s1. The van der Waals surface area contributed by atoms with Crippen molar-refractivity contribution in [2.75, 3.05) is 5.32 Å². The topological polar surface area (TPSA) is 92.3 Å². The predicted molar refractivity (Wildman–Crippen MR) is 165 cm³/mol. The SMILES string of the molecule is Cc1ccc(S(=O)(=O)Cc2ccc(NC(=O)N[C@H](Cc3ccc(Cl)cc3)C(=O)CCCC3CCCCC3)cc2)cc1. The number of aryl methyl sites for hydroxylation is 1. The van der Waals surface area contributed by atoms with Gasteiger partial charge in [-0.3, -0.25) is 4.79 Å². The largest absolute Gasteiger partial charge is 0.328 e. The second kappa shape index (κ2) is 14.6. The van der Waals surface area contributed by atoms with Gasteiger partial charge in [0.05, 0.1) is 16.7 Å². The Morgan fingerprint density at radius 2 is 1.51 bits per heavy atom. The maximum Gasteiger partial charge on any atom is 0.319 e. The summed E-state index contributed by atoms with van der Waals surface area (Å²) < 4.78 is 25.6. The summed E-state index contributed by atoms with van der Waals surface area (Å²) in [5.41, 5.74) is 3.04. The number of halogens is 1. The van der Waals surface area contributed by atoms with Gasteiger partial charge in [0.15, 0.2) is 15.6 Å². The number of ketones is 1. The maximum atomic E-state index is 13.2. The van der Waals surface area contributed by atoms with Crippen LogP contribution in [0.4, 0.5) is 10.5 Å². The lowest BCUT2D eigenvalue weighted by Crippen LogP contribution is -2.44. The number of sulfone groups is 1. The minimum atomic E-state index is -3.48. The first-order valence-electron chi connectivity index (χ1n) is 14.4. The van der Waals surface area contributed by atoms with Crippen molar-refractivity contribution in [1.29, 1.82) is 0 Å². The fourth-order valence-corrected chi connectivity index (χ4v) is 6.85. The maximum absolute atomic E-state index is 13.2. The number of benzene rings is 3. The third-order valence-electron chi connectivity index (χ3n) is 7.76. The number of rotatable bonds is 12.